The van der Waals surface area contributed by atoms with Gasteiger partial charge in [0.1, 0.15) is 5.82 Å². The van der Waals surface area contributed by atoms with Gasteiger partial charge in [0.2, 0.25) is 0 Å². The first kappa shape index (κ1) is 13.6. The maximum atomic E-state index is 6.64. The van der Waals surface area contributed by atoms with Crippen LogP contribution in [0.5, 0.6) is 0 Å². The van der Waals surface area contributed by atoms with E-state index in [1.807, 2.05) is 6.20 Å². The zero-order chi connectivity index (χ0) is 13.2. The van der Waals surface area contributed by atoms with Crippen LogP contribution in [-0.2, 0) is 13.0 Å². The topological polar surface area (TPSA) is 43.8 Å². The monoisotopic (exact) mass is 249 g/mol. The summed E-state index contributed by atoms with van der Waals surface area (Å²) in [6.07, 6.45) is 10.8. The molecule has 1 atom stereocenters. The van der Waals surface area contributed by atoms with Gasteiger partial charge in [0, 0.05) is 30.9 Å². The number of aryl methyl sites for hydroxylation is 1. The number of rotatable bonds is 4. The Labute approximate surface area is 111 Å². The van der Waals surface area contributed by atoms with Gasteiger partial charge >= 0.3 is 0 Å². The van der Waals surface area contributed by atoms with Crippen LogP contribution < -0.4 is 5.73 Å². The summed E-state index contributed by atoms with van der Waals surface area (Å²) in [7, 11) is 0. The number of aromatic nitrogens is 2. The molecule has 1 aliphatic carbocycles. The van der Waals surface area contributed by atoms with E-state index in [4.69, 9.17) is 5.73 Å². The Kier molecular flexibility index (Phi) is 3.81. The molecule has 1 heterocycles. The van der Waals surface area contributed by atoms with Crippen LogP contribution in [0.2, 0.25) is 0 Å². The fraction of sp³-hybridized carbons (Fsp3) is 0.800. The van der Waals surface area contributed by atoms with Gasteiger partial charge in [0.25, 0.3) is 0 Å². The SMILES string of the molecule is CCCn1ccnc1CC1(N)CCCC(C)(C)C1. The first-order valence-corrected chi connectivity index (χ1v) is 7.23. The van der Waals surface area contributed by atoms with E-state index in [2.05, 4.69) is 36.5 Å². The Balaban J connectivity index is 2.09. The van der Waals surface area contributed by atoms with Crippen molar-refractivity contribution in [1.29, 1.82) is 0 Å². The van der Waals surface area contributed by atoms with Crippen LogP contribution in [0.25, 0.3) is 0 Å². The normalized spacial score (nSPS) is 27.3. The van der Waals surface area contributed by atoms with E-state index in [0.29, 0.717) is 5.41 Å². The van der Waals surface area contributed by atoms with Crippen molar-refractivity contribution < 1.29 is 0 Å². The minimum atomic E-state index is -0.0569. The van der Waals surface area contributed by atoms with E-state index in [-0.39, 0.29) is 5.54 Å². The maximum Gasteiger partial charge on any atom is 0.110 e. The van der Waals surface area contributed by atoms with Gasteiger partial charge in [0.05, 0.1) is 0 Å². The predicted molar refractivity (Wildman–Crippen MR) is 75.4 cm³/mol. The lowest BCUT2D eigenvalue weighted by molar-refractivity contribution is 0.148. The van der Waals surface area contributed by atoms with Gasteiger partial charge in [-0.05, 0) is 31.1 Å². The third-order valence-corrected chi connectivity index (χ3v) is 4.14. The fourth-order valence-electron chi connectivity index (χ4n) is 3.47. The minimum Gasteiger partial charge on any atom is -0.335 e. The van der Waals surface area contributed by atoms with Crippen molar-refractivity contribution in [3.8, 4) is 0 Å². The molecule has 102 valence electrons. The van der Waals surface area contributed by atoms with E-state index in [1.54, 1.807) is 0 Å². The Morgan fingerprint density at radius 2 is 2.17 bits per heavy atom. The molecule has 3 heteroatoms. The van der Waals surface area contributed by atoms with Crippen molar-refractivity contribution in [1.82, 2.24) is 9.55 Å². The standard InChI is InChI=1S/C15H27N3/c1-4-9-18-10-8-17-13(18)11-15(16)7-5-6-14(2,3)12-15/h8,10H,4-7,9,11-12,16H2,1-3H3. The van der Waals surface area contributed by atoms with Crippen molar-refractivity contribution >= 4 is 0 Å². The zero-order valence-electron chi connectivity index (χ0n) is 12.1. The molecule has 1 saturated carbocycles. The lowest BCUT2D eigenvalue weighted by Gasteiger charge is -2.42. The second kappa shape index (κ2) is 5.04. The van der Waals surface area contributed by atoms with Gasteiger partial charge in [-0.2, -0.15) is 0 Å². The van der Waals surface area contributed by atoms with Gasteiger partial charge in [-0.1, -0.05) is 27.2 Å². The molecule has 1 aromatic rings. The molecule has 2 rings (SSSR count). The smallest absolute Gasteiger partial charge is 0.110 e. The first-order chi connectivity index (χ1) is 8.44. The van der Waals surface area contributed by atoms with Crippen LogP contribution in [0.3, 0.4) is 0 Å². The number of hydrogen-bond acceptors (Lipinski definition) is 2. The molecule has 0 spiro atoms. The molecule has 1 aromatic heterocycles. The molecular weight excluding hydrogens is 222 g/mol. The molecule has 0 radical (unpaired) electrons. The van der Waals surface area contributed by atoms with Crippen molar-refractivity contribution in [2.45, 2.75) is 71.4 Å². The summed E-state index contributed by atoms with van der Waals surface area (Å²) in [5.41, 5.74) is 6.96. The van der Waals surface area contributed by atoms with Crippen LogP contribution >= 0.6 is 0 Å². The van der Waals surface area contributed by atoms with Crippen LogP contribution in [-0.4, -0.2) is 15.1 Å². The van der Waals surface area contributed by atoms with Gasteiger partial charge in [0.15, 0.2) is 0 Å². The fourth-order valence-corrected chi connectivity index (χ4v) is 3.47. The molecule has 1 fully saturated rings. The summed E-state index contributed by atoms with van der Waals surface area (Å²) in [6, 6.07) is 0. The Morgan fingerprint density at radius 3 is 2.83 bits per heavy atom. The predicted octanol–water partition coefficient (Wildman–Crippen LogP) is 3.13. The molecule has 1 aliphatic rings. The van der Waals surface area contributed by atoms with Crippen LogP contribution in [0.4, 0.5) is 0 Å². The van der Waals surface area contributed by atoms with E-state index in [9.17, 15) is 0 Å². The molecular formula is C15H27N3. The number of imidazole rings is 1. The van der Waals surface area contributed by atoms with E-state index in [1.165, 1.54) is 12.8 Å². The summed E-state index contributed by atoms with van der Waals surface area (Å²) >= 11 is 0. The lowest BCUT2D eigenvalue weighted by atomic mass is 9.67. The van der Waals surface area contributed by atoms with E-state index < -0.39 is 0 Å². The third-order valence-electron chi connectivity index (χ3n) is 4.14. The average molecular weight is 249 g/mol. The van der Waals surface area contributed by atoms with Gasteiger partial charge in [-0.25, -0.2) is 4.98 Å². The molecule has 0 aliphatic heterocycles. The molecule has 0 saturated heterocycles. The van der Waals surface area contributed by atoms with Crippen molar-refractivity contribution in [3.63, 3.8) is 0 Å². The molecule has 0 amide bonds. The van der Waals surface area contributed by atoms with Gasteiger partial charge < -0.3 is 10.3 Å². The van der Waals surface area contributed by atoms with Crippen LogP contribution in [0.1, 0.15) is 58.7 Å². The maximum absolute atomic E-state index is 6.64. The largest absolute Gasteiger partial charge is 0.335 e. The van der Waals surface area contributed by atoms with Crippen LogP contribution in [0, 0.1) is 5.41 Å². The highest BCUT2D eigenvalue weighted by molar-refractivity contribution is 5.04. The van der Waals surface area contributed by atoms with Gasteiger partial charge in [-0.3, -0.25) is 0 Å². The van der Waals surface area contributed by atoms with Crippen LogP contribution in [0.15, 0.2) is 12.4 Å². The minimum absolute atomic E-state index is 0.0569. The zero-order valence-corrected chi connectivity index (χ0v) is 12.1. The molecule has 3 nitrogen and oxygen atoms in total. The van der Waals surface area contributed by atoms with Crippen molar-refractivity contribution in [2.75, 3.05) is 0 Å². The number of hydrogen-bond donors (Lipinski definition) is 1. The molecule has 1 unspecified atom stereocenters. The Hall–Kier alpha value is -0.830. The van der Waals surface area contributed by atoms with E-state index in [0.717, 1.165) is 38.1 Å². The highest BCUT2D eigenvalue weighted by Gasteiger charge is 2.37. The average Bonchev–Trinajstić information content (AvgIpc) is 2.63. The first-order valence-electron chi connectivity index (χ1n) is 7.23. The quantitative estimate of drug-likeness (QED) is 0.891. The summed E-state index contributed by atoms with van der Waals surface area (Å²) in [5, 5.41) is 0. The summed E-state index contributed by atoms with van der Waals surface area (Å²) in [4.78, 5) is 4.50. The lowest BCUT2D eigenvalue weighted by Crippen LogP contribution is -2.49. The Bertz CT molecular complexity index is 394. The summed E-state index contributed by atoms with van der Waals surface area (Å²) in [5.74, 6) is 1.16. The molecule has 18 heavy (non-hydrogen) atoms. The van der Waals surface area contributed by atoms with Crippen molar-refractivity contribution in [2.24, 2.45) is 11.1 Å². The van der Waals surface area contributed by atoms with Crippen molar-refractivity contribution in [3.05, 3.63) is 18.2 Å². The molecule has 0 aromatic carbocycles. The Morgan fingerprint density at radius 1 is 1.39 bits per heavy atom. The molecule has 2 N–H and O–H groups in total. The number of nitrogens with two attached hydrogens (primary N) is 1. The second-order valence-electron chi connectivity index (χ2n) is 6.77. The second-order valence-corrected chi connectivity index (χ2v) is 6.77. The number of nitrogens with zero attached hydrogens (tertiary/aromatic N) is 2. The highest BCUT2D eigenvalue weighted by atomic mass is 15.1. The van der Waals surface area contributed by atoms with E-state index >= 15 is 0 Å². The third kappa shape index (κ3) is 3.14. The summed E-state index contributed by atoms with van der Waals surface area (Å²) < 4.78 is 2.26. The molecule has 0 bridgehead atoms. The summed E-state index contributed by atoms with van der Waals surface area (Å²) in [6.45, 7) is 7.93. The highest BCUT2D eigenvalue weighted by Crippen LogP contribution is 2.40. The van der Waals surface area contributed by atoms with Gasteiger partial charge in [-0.15, -0.1) is 0 Å².